The van der Waals surface area contributed by atoms with Gasteiger partial charge in [0.2, 0.25) is 0 Å². The van der Waals surface area contributed by atoms with Crippen LogP contribution in [-0.4, -0.2) is 12.4 Å². The first kappa shape index (κ1) is 13.3. The van der Waals surface area contributed by atoms with E-state index in [4.69, 9.17) is 4.74 Å². The van der Waals surface area contributed by atoms with Crippen LogP contribution in [0.4, 0.5) is 0 Å². The number of ether oxygens (including phenoxy) is 1. The summed E-state index contributed by atoms with van der Waals surface area (Å²) in [7, 11) is 0. The van der Waals surface area contributed by atoms with Gasteiger partial charge in [-0.15, -0.1) is 0 Å². The van der Waals surface area contributed by atoms with Crippen molar-refractivity contribution in [3.8, 4) is 0 Å². The fourth-order valence-electron chi connectivity index (χ4n) is 2.56. The molecule has 0 atom stereocenters. The molecule has 0 radical (unpaired) electrons. The maximum Gasteiger partial charge on any atom is 0.150 e. The van der Waals surface area contributed by atoms with Gasteiger partial charge in [-0.2, -0.15) is 0 Å². The van der Waals surface area contributed by atoms with Gasteiger partial charge in [-0.05, 0) is 24.5 Å². The second kappa shape index (κ2) is 7.32. The standard InChI is InChI=1S/C16H22O2/c17-12-14-7-6-8-15(11-14)13-18-16-9-4-2-1-3-5-10-16/h6-8,11-12,16H,1-5,9-10,13H2. The van der Waals surface area contributed by atoms with Crippen LogP contribution in [0.5, 0.6) is 0 Å². The third-order valence-corrected chi connectivity index (χ3v) is 3.63. The average molecular weight is 246 g/mol. The minimum Gasteiger partial charge on any atom is -0.374 e. The number of rotatable bonds is 4. The van der Waals surface area contributed by atoms with Crippen molar-refractivity contribution in [2.75, 3.05) is 0 Å². The second-order valence-electron chi connectivity index (χ2n) is 5.14. The van der Waals surface area contributed by atoms with E-state index < -0.39 is 0 Å². The third-order valence-electron chi connectivity index (χ3n) is 3.63. The summed E-state index contributed by atoms with van der Waals surface area (Å²) in [6.45, 7) is 0.631. The van der Waals surface area contributed by atoms with Crippen LogP contribution in [0, 0.1) is 0 Å². The maximum absolute atomic E-state index is 10.7. The highest BCUT2D eigenvalue weighted by Gasteiger charge is 2.11. The molecule has 1 saturated carbocycles. The lowest BCUT2D eigenvalue weighted by Crippen LogP contribution is -2.14. The van der Waals surface area contributed by atoms with Crippen LogP contribution in [-0.2, 0) is 11.3 Å². The molecule has 1 aliphatic carbocycles. The van der Waals surface area contributed by atoms with Crippen LogP contribution in [0.3, 0.4) is 0 Å². The van der Waals surface area contributed by atoms with E-state index in [9.17, 15) is 4.79 Å². The molecule has 2 rings (SSSR count). The van der Waals surface area contributed by atoms with Crippen molar-refractivity contribution < 1.29 is 9.53 Å². The minimum atomic E-state index is 0.408. The second-order valence-corrected chi connectivity index (χ2v) is 5.14. The molecule has 98 valence electrons. The number of benzene rings is 1. The normalized spacial score (nSPS) is 18.0. The highest BCUT2D eigenvalue weighted by atomic mass is 16.5. The average Bonchev–Trinajstić information content (AvgIpc) is 2.38. The van der Waals surface area contributed by atoms with Crippen molar-refractivity contribution in [3.05, 3.63) is 35.4 Å². The van der Waals surface area contributed by atoms with Crippen LogP contribution in [0.15, 0.2) is 24.3 Å². The monoisotopic (exact) mass is 246 g/mol. The molecule has 0 saturated heterocycles. The Hall–Kier alpha value is -1.15. The van der Waals surface area contributed by atoms with Crippen molar-refractivity contribution in [2.24, 2.45) is 0 Å². The molecular weight excluding hydrogens is 224 g/mol. The molecule has 2 nitrogen and oxygen atoms in total. The molecular formula is C16H22O2. The number of carbonyl (C=O) groups is 1. The molecule has 0 bridgehead atoms. The quantitative estimate of drug-likeness (QED) is 0.747. The third kappa shape index (κ3) is 4.26. The lowest BCUT2D eigenvalue weighted by Gasteiger charge is -2.20. The Kier molecular flexibility index (Phi) is 5.40. The van der Waals surface area contributed by atoms with Crippen LogP contribution in [0.25, 0.3) is 0 Å². The Bertz CT molecular complexity index is 365. The summed E-state index contributed by atoms with van der Waals surface area (Å²) in [5.41, 5.74) is 1.83. The molecule has 0 aromatic heterocycles. The van der Waals surface area contributed by atoms with Gasteiger partial charge in [-0.25, -0.2) is 0 Å². The van der Waals surface area contributed by atoms with E-state index >= 15 is 0 Å². The van der Waals surface area contributed by atoms with E-state index in [-0.39, 0.29) is 0 Å². The summed E-state index contributed by atoms with van der Waals surface area (Å²) in [5, 5.41) is 0. The molecule has 0 aliphatic heterocycles. The zero-order chi connectivity index (χ0) is 12.6. The van der Waals surface area contributed by atoms with Gasteiger partial charge in [0.1, 0.15) is 6.29 Å². The van der Waals surface area contributed by atoms with Crippen molar-refractivity contribution >= 4 is 6.29 Å². The summed E-state index contributed by atoms with van der Waals surface area (Å²) >= 11 is 0. The molecule has 0 unspecified atom stereocenters. The minimum absolute atomic E-state index is 0.408. The highest BCUT2D eigenvalue weighted by molar-refractivity contribution is 5.74. The largest absolute Gasteiger partial charge is 0.374 e. The van der Waals surface area contributed by atoms with Crippen molar-refractivity contribution in [1.29, 1.82) is 0 Å². The van der Waals surface area contributed by atoms with Gasteiger partial charge in [0, 0.05) is 5.56 Å². The molecule has 18 heavy (non-hydrogen) atoms. The summed E-state index contributed by atoms with van der Waals surface area (Å²) < 4.78 is 5.99. The first-order chi connectivity index (χ1) is 8.88. The van der Waals surface area contributed by atoms with E-state index in [1.54, 1.807) is 0 Å². The van der Waals surface area contributed by atoms with Gasteiger partial charge < -0.3 is 4.74 Å². The van der Waals surface area contributed by atoms with E-state index in [2.05, 4.69) is 0 Å². The van der Waals surface area contributed by atoms with Gasteiger partial charge in [-0.3, -0.25) is 4.79 Å². The summed E-state index contributed by atoms with van der Waals surface area (Å²) in [6.07, 6.45) is 10.3. The Balaban J connectivity index is 1.83. The molecule has 1 aromatic carbocycles. The van der Waals surface area contributed by atoms with Crippen molar-refractivity contribution in [1.82, 2.24) is 0 Å². The fourth-order valence-corrected chi connectivity index (χ4v) is 2.56. The smallest absolute Gasteiger partial charge is 0.150 e. The number of hydrogen-bond donors (Lipinski definition) is 0. The van der Waals surface area contributed by atoms with Crippen LogP contribution < -0.4 is 0 Å². The van der Waals surface area contributed by atoms with Gasteiger partial charge >= 0.3 is 0 Å². The molecule has 1 aliphatic rings. The lowest BCUT2D eigenvalue weighted by atomic mass is 9.98. The Labute approximate surface area is 109 Å². The van der Waals surface area contributed by atoms with E-state index in [0.29, 0.717) is 12.7 Å². The Morgan fingerprint density at radius 1 is 1.11 bits per heavy atom. The molecule has 0 N–H and O–H groups in total. The van der Waals surface area contributed by atoms with Crippen LogP contribution in [0.2, 0.25) is 0 Å². The van der Waals surface area contributed by atoms with Gasteiger partial charge in [-0.1, -0.05) is 50.3 Å². The van der Waals surface area contributed by atoms with Gasteiger partial charge in [0.15, 0.2) is 0 Å². The predicted molar refractivity (Wildman–Crippen MR) is 72.7 cm³/mol. The Morgan fingerprint density at radius 3 is 2.56 bits per heavy atom. The van der Waals surface area contributed by atoms with Gasteiger partial charge in [0.25, 0.3) is 0 Å². The first-order valence-electron chi connectivity index (χ1n) is 7.04. The van der Waals surface area contributed by atoms with Crippen LogP contribution in [0.1, 0.15) is 60.9 Å². The zero-order valence-corrected chi connectivity index (χ0v) is 10.9. The predicted octanol–water partition coefficient (Wildman–Crippen LogP) is 4.13. The number of carbonyl (C=O) groups excluding carboxylic acids is 1. The van der Waals surface area contributed by atoms with Crippen LogP contribution >= 0.6 is 0 Å². The summed E-state index contributed by atoms with van der Waals surface area (Å²) in [4.78, 5) is 10.7. The van der Waals surface area contributed by atoms with E-state index in [1.165, 1.54) is 44.9 Å². The highest BCUT2D eigenvalue weighted by Crippen LogP contribution is 2.20. The molecule has 1 aromatic rings. The number of aldehydes is 1. The topological polar surface area (TPSA) is 26.3 Å². The summed E-state index contributed by atoms with van der Waals surface area (Å²) in [5.74, 6) is 0. The summed E-state index contributed by atoms with van der Waals surface area (Å²) in [6, 6.07) is 7.68. The molecule has 1 fully saturated rings. The van der Waals surface area contributed by atoms with E-state index in [0.717, 1.165) is 17.4 Å². The van der Waals surface area contributed by atoms with Gasteiger partial charge in [0.05, 0.1) is 12.7 Å². The fraction of sp³-hybridized carbons (Fsp3) is 0.562. The SMILES string of the molecule is O=Cc1cccc(COC2CCCCCCC2)c1. The lowest BCUT2D eigenvalue weighted by molar-refractivity contribution is 0.0236. The first-order valence-corrected chi connectivity index (χ1v) is 7.04. The zero-order valence-electron chi connectivity index (χ0n) is 10.9. The maximum atomic E-state index is 10.7. The van der Waals surface area contributed by atoms with E-state index in [1.807, 2.05) is 24.3 Å². The molecule has 2 heteroatoms. The van der Waals surface area contributed by atoms with Crippen molar-refractivity contribution in [3.63, 3.8) is 0 Å². The molecule has 0 heterocycles. The number of hydrogen-bond acceptors (Lipinski definition) is 2. The molecule has 0 amide bonds. The van der Waals surface area contributed by atoms with Crippen molar-refractivity contribution in [2.45, 2.75) is 57.7 Å². The molecule has 0 spiro atoms. The Morgan fingerprint density at radius 2 is 1.83 bits per heavy atom.